The maximum absolute atomic E-state index is 11.4. The summed E-state index contributed by atoms with van der Waals surface area (Å²) in [4.78, 5) is 15.4. The standard InChI is InChI=1S/C10H12BrNO4/c1-14-5-6-16-7-3-4-8(11)12-9(7)10(13)15-2/h3-4H,5-6H2,1-2H3. The van der Waals surface area contributed by atoms with E-state index in [1.165, 1.54) is 7.11 Å². The van der Waals surface area contributed by atoms with Crippen LogP contribution in [0, 0.1) is 0 Å². The Balaban J connectivity index is 2.85. The summed E-state index contributed by atoms with van der Waals surface area (Å²) in [6.45, 7) is 0.792. The second-order valence-corrected chi connectivity index (χ2v) is 3.63. The zero-order valence-corrected chi connectivity index (χ0v) is 10.6. The minimum Gasteiger partial charge on any atom is -0.489 e. The van der Waals surface area contributed by atoms with Crippen LogP contribution in [0.15, 0.2) is 16.7 Å². The van der Waals surface area contributed by atoms with Gasteiger partial charge in [-0.3, -0.25) is 0 Å². The summed E-state index contributed by atoms with van der Waals surface area (Å²) in [5.74, 6) is -0.152. The second kappa shape index (κ2) is 6.44. The zero-order chi connectivity index (χ0) is 12.0. The van der Waals surface area contributed by atoms with Gasteiger partial charge in [-0.1, -0.05) is 0 Å². The maximum atomic E-state index is 11.4. The van der Waals surface area contributed by atoms with Gasteiger partial charge in [0.1, 0.15) is 11.2 Å². The average molecular weight is 290 g/mol. The molecule has 0 spiro atoms. The molecule has 5 nitrogen and oxygen atoms in total. The molecular weight excluding hydrogens is 278 g/mol. The number of halogens is 1. The van der Waals surface area contributed by atoms with Crippen LogP contribution in [0.25, 0.3) is 0 Å². The summed E-state index contributed by atoms with van der Waals surface area (Å²) in [6, 6.07) is 3.34. The minimum absolute atomic E-state index is 0.146. The second-order valence-electron chi connectivity index (χ2n) is 2.81. The van der Waals surface area contributed by atoms with Gasteiger partial charge in [0.2, 0.25) is 0 Å². The predicted octanol–water partition coefficient (Wildman–Crippen LogP) is 1.66. The van der Waals surface area contributed by atoms with Crippen molar-refractivity contribution in [3.8, 4) is 5.75 Å². The fourth-order valence-electron chi connectivity index (χ4n) is 1.02. The lowest BCUT2D eigenvalue weighted by molar-refractivity contribution is 0.0586. The molecule has 0 aliphatic rings. The van der Waals surface area contributed by atoms with Crippen molar-refractivity contribution in [3.05, 3.63) is 22.4 Å². The SMILES string of the molecule is COCCOc1ccc(Br)nc1C(=O)OC. The smallest absolute Gasteiger partial charge is 0.360 e. The molecule has 1 heterocycles. The van der Waals surface area contributed by atoms with E-state index < -0.39 is 5.97 Å². The number of carbonyl (C=O) groups excluding carboxylic acids is 1. The first-order valence-electron chi connectivity index (χ1n) is 4.55. The highest BCUT2D eigenvalue weighted by Gasteiger charge is 2.15. The van der Waals surface area contributed by atoms with E-state index in [9.17, 15) is 4.79 Å². The Hall–Kier alpha value is -1.14. The number of rotatable bonds is 5. The van der Waals surface area contributed by atoms with Gasteiger partial charge in [0, 0.05) is 7.11 Å². The van der Waals surface area contributed by atoms with Gasteiger partial charge in [0.25, 0.3) is 0 Å². The Kier molecular flexibility index (Phi) is 5.21. The highest BCUT2D eigenvalue weighted by atomic mass is 79.9. The van der Waals surface area contributed by atoms with Gasteiger partial charge in [-0.15, -0.1) is 0 Å². The molecule has 0 fully saturated rings. The number of carbonyl (C=O) groups is 1. The van der Waals surface area contributed by atoms with Crippen molar-refractivity contribution in [2.45, 2.75) is 0 Å². The van der Waals surface area contributed by atoms with Crippen LogP contribution in [0.3, 0.4) is 0 Å². The molecule has 0 bridgehead atoms. The molecule has 0 atom stereocenters. The molecule has 1 aromatic heterocycles. The van der Waals surface area contributed by atoms with Crippen LogP contribution in [0.4, 0.5) is 0 Å². The number of esters is 1. The van der Waals surface area contributed by atoms with Gasteiger partial charge in [-0.05, 0) is 28.1 Å². The molecule has 0 amide bonds. The summed E-state index contributed by atoms with van der Waals surface area (Å²) in [6.07, 6.45) is 0. The van der Waals surface area contributed by atoms with E-state index in [1.54, 1.807) is 19.2 Å². The molecule has 0 aliphatic carbocycles. The first-order valence-corrected chi connectivity index (χ1v) is 5.35. The molecule has 0 aromatic carbocycles. The molecule has 1 rings (SSSR count). The highest BCUT2D eigenvalue weighted by molar-refractivity contribution is 9.10. The average Bonchev–Trinajstić information content (AvgIpc) is 2.30. The van der Waals surface area contributed by atoms with Gasteiger partial charge in [0.05, 0.1) is 13.7 Å². The summed E-state index contributed by atoms with van der Waals surface area (Å²) < 4.78 is 15.3. The largest absolute Gasteiger partial charge is 0.489 e. The van der Waals surface area contributed by atoms with E-state index in [1.807, 2.05) is 0 Å². The number of aromatic nitrogens is 1. The summed E-state index contributed by atoms with van der Waals surface area (Å²) in [5.41, 5.74) is 0.146. The van der Waals surface area contributed by atoms with Gasteiger partial charge in [0.15, 0.2) is 11.4 Å². The third kappa shape index (κ3) is 3.46. The number of ether oxygens (including phenoxy) is 3. The fraction of sp³-hybridized carbons (Fsp3) is 0.400. The lowest BCUT2D eigenvalue weighted by atomic mass is 10.3. The zero-order valence-electron chi connectivity index (χ0n) is 9.03. The number of hydrogen-bond donors (Lipinski definition) is 0. The Bertz CT molecular complexity index is 370. The molecule has 88 valence electrons. The topological polar surface area (TPSA) is 57.7 Å². The molecule has 0 saturated carbocycles. The van der Waals surface area contributed by atoms with E-state index in [2.05, 4.69) is 25.7 Å². The van der Waals surface area contributed by atoms with Gasteiger partial charge < -0.3 is 14.2 Å². The molecular formula is C10H12BrNO4. The summed E-state index contributed by atoms with van der Waals surface area (Å²) >= 11 is 3.18. The van der Waals surface area contributed by atoms with Crippen molar-refractivity contribution in [1.29, 1.82) is 0 Å². The summed E-state index contributed by atoms with van der Waals surface area (Å²) in [5, 5.41) is 0. The molecule has 0 radical (unpaired) electrons. The first-order chi connectivity index (χ1) is 7.69. The van der Waals surface area contributed by atoms with E-state index >= 15 is 0 Å². The number of hydrogen-bond acceptors (Lipinski definition) is 5. The maximum Gasteiger partial charge on any atom is 0.360 e. The van der Waals surface area contributed by atoms with Crippen molar-refractivity contribution in [3.63, 3.8) is 0 Å². The quantitative estimate of drug-likeness (QED) is 0.469. The van der Waals surface area contributed by atoms with Crippen molar-refractivity contribution in [2.75, 3.05) is 27.4 Å². The number of methoxy groups -OCH3 is 2. The lowest BCUT2D eigenvalue weighted by Crippen LogP contribution is -2.11. The molecule has 0 aliphatic heterocycles. The predicted molar refractivity (Wildman–Crippen MR) is 60.6 cm³/mol. The van der Waals surface area contributed by atoms with Gasteiger partial charge >= 0.3 is 5.97 Å². The van der Waals surface area contributed by atoms with Crippen LogP contribution in [0.5, 0.6) is 5.75 Å². The molecule has 6 heteroatoms. The molecule has 0 saturated heterocycles. The van der Waals surface area contributed by atoms with E-state index in [-0.39, 0.29) is 5.69 Å². The minimum atomic E-state index is -0.534. The van der Waals surface area contributed by atoms with Crippen LogP contribution < -0.4 is 4.74 Å². The third-order valence-electron chi connectivity index (χ3n) is 1.75. The van der Waals surface area contributed by atoms with E-state index in [4.69, 9.17) is 9.47 Å². The molecule has 0 unspecified atom stereocenters. The van der Waals surface area contributed by atoms with Crippen molar-refractivity contribution in [1.82, 2.24) is 4.98 Å². The van der Waals surface area contributed by atoms with Crippen molar-refractivity contribution < 1.29 is 19.0 Å². The van der Waals surface area contributed by atoms with Gasteiger partial charge in [-0.2, -0.15) is 0 Å². The van der Waals surface area contributed by atoms with E-state index in [0.717, 1.165) is 0 Å². The van der Waals surface area contributed by atoms with Crippen LogP contribution in [0.1, 0.15) is 10.5 Å². The lowest BCUT2D eigenvalue weighted by Gasteiger charge is -2.09. The first kappa shape index (κ1) is 12.9. The van der Waals surface area contributed by atoms with Crippen LogP contribution in [0.2, 0.25) is 0 Å². The fourth-order valence-corrected chi connectivity index (χ4v) is 1.33. The van der Waals surface area contributed by atoms with Crippen LogP contribution in [-0.2, 0) is 9.47 Å². The van der Waals surface area contributed by atoms with Crippen LogP contribution >= 0.6 is 15.9 Å². The van der Waals surface area contributed by atoms with Crippen LogP contribution in [-0.4, -0.2) is 38.4 Å². The Morgan fingerprint density at radius 1 is 1.38 bits per heavy atom. The molecule has 0 N–H and O–H groups in total. The van der Waals surface area contributed by atoms with Gasteiger partial charge in [-0.25, -0.2) is 9.78 Å². The molecule has 16 heavy (non-hydrogen) atoms. The Morgan fingerprint density at radius 3 is 2.75 bits per heavy atom. The number of nitrogens with zero attached hydrogens (tertiary/aromatic N) is 1. The Labute approximate surface area is 102 Å². The van der Waals surface area contributed by atoms with Crippen molar-refractivity contribution >= 4 is 21.9 Å². The summed E-state index contributed by atoms with van der Waals surface area (Å²) in [7, 11) is 2.87. The highest BCUT2D eigenvalue weighted by Crippen LogP contribution is 2.20. The Morgan fingerprint density at radius 2 is 2.12 bits per heavy atom. The van der Waals surface area contributed by atoms with Crippen molar-refractivity contribution in [2.24, 2.45) is 0 Å². The normalized spacial score (nSPS) is 9.94. The van der Waals surface area contributed by atoms with E-state index in [0.29, 0.717) is 23.6 Å². The monoisotopic (exact) mass is 289 g/mol. The molecule has 1 aromatic rings. The third-order valence-corrected chi connectivity index (χ3v) is 2.19. The number of pyridine rings is 1.